The van der Waals surface area contributed by atoms with Crippen LogP contribution in [-0.4, -0.2) is 23.9 Å². The van der Waals surface area contributed by atoms with E-state index in [4.69, 9.17) is 16.3 Å². The molecule has 1 N–H and O–H groups in total. The van der Waals surface area contributed by atoms with Gasteiger partial charge in [-0.2, -0.15) is 5.26 Å². The number of para-hydroxylation sites is 1. The number of halogens is 2. The number of alkyl halides is 1. The van der Waals surface area contributed by atoms with E-state index in [1.165, 1.54) is 7.11 Å². The molecule has 0 saturated carbocycles. The van der Waals surface area contributed by atoms with E-state index in [0.717, 1.165) is 16.5 Å². The van der Waals surface area contributed by atoms with Crippen LogP contribution < -0.4 is 5.32 Å². The first-order chi connectivity index (χ1) is 12.1. The zero-order chi connectivity index (χ0) is 18.0. The third kappa shape index (κ3) is 3.26. The summed E-state index contributed by atoms with van der Waals surface area (Å²) >= 11 is 6.06. The minimum atomic E-state index is -0.555. The molecule has 0 spiro atoms. The highest BCUT2D eigenvalue weighted by molar-refractivity contribution is 6.20. The molecule has 1 aromatic carbocycles. The van der Waals surface area contributed by atoms with Crippen LogP contribution in [0.1, 0.15) is 18.4 Å². The summed E-state index contributed by atoms with van der Waals surface area (Å²) in [6, 6.07) is 11.7. The van der Waals surface area contributed by atoms with Crippen LogP contribution in [-0.2, 0) is 9.53 Å². The van der Waals surface area contributed by atoms with Crippen molar-refractivity contribution in [2.75, 3.05) is 13.0 Å². The maximum atomic E-state index is 12.5. The minimum absolute atomic E-state index is 0. The summed E-state index contributed by atoms with van der Waals surface area (Å²) in [4.78, 5) is 16.9. The van der Waals surface area contributed by atoms with Crippen molar-refractivity contribution in [1.29, 1.82) is 5.26 Å². The smallest absolute Gasteiger partial charge is 0.336 e. The number of aromatic nitrogens is 1. The van der Waals surface area contributed by atoms with Crippen molar-refractivity contribution in [2.45, 2.75) is 12.8 Å². The van der Waals surface area contributed by atoms with E-state index in [1.54, 1.807) is 13.1 Å². The summed E-state index contributed by atoms with van der Waals surface area (Å²) < 4.78 is 4.97. The van der Waals surface area contributed by atoms with Gasteiger partial charge >= 0.3 is 5.97 Å². The summed E-state index contributed by atoms with van der Waals surface area (Å²) in [6.45, 7) is 1.80. The van der Waals surface area contributed by atoms with Crippen molar-refractivity contribution in [3.05, 3.63) is 64.6 Å². The Kier molecular flexibility index (Phi) is 6.25. The van der Waals surface area contributed by atoms with Crippen molar-refractivity contribution in [3.8, 4) is 6.07 Å². The molecule has 1 aromatic heterocycles. The minimum Gasteiger partial charge on any atom is -0.466 e. The van der Waals surface area contributed by atoms with Gasteiger partial charge in [-0.25, -0.2) is 4.79 Å². The highest BCUT2D eigenvalue weighted by atomic mass is 35.5. The lowest BCUT2D eigenvalue weighted by Gasteiger charge is -2.29. The number of benzene rings is 1. The van der Waals surface area contributed by atoms with E-state index >= 15 is 0 Å². The number of nitriles is 1. The first-order valence-corrected chi connectivity index (χ1v) is 8.24. The molecule has 26 heavy (non-hydrogen) atoms. The number of dihydropyridines is 1. The van der Waals surface area contributed by atoms with Crippen molar-refractivity contribution in [3.63, 3.8) is 0 Å². The van der Waals surface area contributed by atoms with Crippen LogP contribution in [0.4, 0.5) is 0 Å². The average Bonchev–Trinajstić information content (AvgIpc) is 2.66. The summed E-state index contributed by atoms with van der Waals surface area (Å²) in [6.07, 6.45) is 1.68. The normalized spacial score (nSPS) is 16.6. The van der Waals surface area contributed by atoms with Gasteiger partial charge in [0, 0.05) is 23.0 Å². The van der Waals surface area contributed by atoms with Crippen molar-refractivity contribution in [1.82, 2.24) is 10.3 Å². The largest absolute Gasteiger partial charge is 0.466 e. The van der Waals surface area contributed by atoms with Gasteiger partial charge in [0.1, 0.15) is 0 Å². The quantitative estimate of drug-likeness (QED) is 0.637. The Hall–Kier alpha value is -2.55. The van der Waals surface area contributed by atoms with Crippen molar-refractivity contribution < 1.29 is 9.53 Å². The van der Waals surface area contributed by atoms with E-state index in [2.05, 4.69) is 16.4 Å². The fourth-order valence-electron chi connectivity index (χ4n) is 3.18. The topological polar surface area (TPSA) is 75.0 Å². The molecule has 2 aromatic rings. The number of rotatable bonds is 3. The Balaban J connectivity index is 0.00000243. The molecule has 0 radical (unpaired) electrons. The number of esters is 1. The lowest BCUT2D eigenvalue weighted by molar-refractivity contribution is -0.136. The molecule has 0 saturated heterocycles. The van der Waals surface area contributed by atoms with Crippen LogP contribution in [0.3, 0.4) is 0 Å². The van der Waals surface area contributed by atoms with Gasteiger partial charge in [0.15, 0.2) is 0 Å². The molecule has 134 valence electrons. The second-order valence-corrected chi connectivity index (χ2v) is 5.91. The number of hydrogen-bond donors (Lipinski definition) is 1. The lowest BCUT2D eigenvalue weighted by Crippen LogP contribution is -2.30. The molecule has 2 heterocycles. The monoisotopic (exact) mass is 389 g/mol. The molecular formula is C19H17Cl2N3O2. The van der Waals surface area contributed by atoms with E-state index in [0.29, 0.717) is 22.5 Å². The number of pyridine rings is 1. The number of nitrogens with zero attached hydrogens (tertiary/aromatic N) is 2. The number of hydrogen-bond acceptors (Lipinski definition) is 5. The zero-order valence-corrected chi connectivity index (χ0v) is 15.8. The van der Waals surface area contributed by atoms with Gasteiger partial charge < -0.3 is 10.1 Å². The Morgan fingerprint density at radius 3 is 2.77 bits per heavy atom. The summed E-state index contributed by atoms with van der Waals surface area (Å²) in [5.41, 5.74) is 3.67. The van der Waals surface area contributed by atoms with Gasteiger partial charge in [0.05, 0.1) is 41.6 Å². The molecule has 0 fully saturated rings. The van der Waals surface area contributed by atoms with Gasteiger partial charge in [0.2, 0.25) is 0 Å². The summed E-state index contributed by atoms with van der Waals surface area (Å²) in [5, 5.41) is 13.7. The molecule has 0 unspecified atom stereocenters. The predicted molar refractivity (Wildman–Crippen MR) is 103 cm³/mol. The fourth-order valence-corrected chi connectivity index (χ4v) is 3.39. The van der Waals surface area contributed by atoms with Crippen LogP contribution in [0.5, 0.6) is 0 Å². The van der Waals surface area contributed by atoms with Gasteiger partial charge in [-0.1, -0.05) is 18.2 Å². The molecule has 0 bridgehead atoms. The third-order valence-corrected chi connectivity index (χ3v) is 4.57. The number of methoxy groups -OCH3 is 1. The molecule has 0 aliphatic carbocycles. The van der Waals surface area contributed by atoms with Crippen LogP contribution in [0.15, 0.2) is 59.1 Å². The van der Waals surface area contributed by atoms with E-state index in [-0.39, 0.29) is 18.3 Å². The lowest BCUT2D eigenvalue weighted by atomic mass is 9.80. The van der Waals surface area contributed by atoms with Crippen LogP contribution in [0.2, 0.25) is 0 Å². The SMILES string of the molecule is COC(=O)C1=C(CCl)NC(C)=C(C#N)[C@H]1c1ccnc2ccccc12.Cl. The average molecular weight is 390 g/mol. The first-order valence-electron chi connectivity index (χ1n) is 7.71. The second-order valence-electron chi connectivity index (χ2n) is 5.64. The van der Waals surface area contributed by atoms with Gasteiger partial charge in [0.25, 0.3) is 0 Å². The molecule has 1 aliphatic rings. The molecule has 1 aliphatic heterocycles. The number of allylic oxidation sites excluding steroid dienone is 3. The highest BCUT2D eigenvalue weighted by Gasteiger charge is 2.35. The third-order valence-electron chi connectivity index (χ3n) is 4.30. The van der Waals surface area contributed by atoms with Gasteiger partial charge in [-0.3, -0.25) is 4.98 Å². The number of nitrogens with one attached hydrogen (secondary N) is 1. The number of carbonyl (C=O) groups is 1. The molecule has 0 amide bonds. The number of carbonyl (C=O) groups excluding carboxylic acids is 1. The first kappa shape index (κ1) is 19.8. The van der Waals surface area contributed by atoms with Crippen LogP contribution in [0, 0.1) is 11.3 Å². The molecule has 7 heteroatoms. The second kappa shape index (κ2) is 8.22. The molecular weight excluding hydrogens is 373 g/mol. The standard InChI is InChI=1S/C19H16ClN3O2.ClH/c1-11-14(10-21)17(18(19(24)25-2)16(9-20)23-11)13-7-8-22-15-6-4-3-5-12(13)15;/h3-8,17,23H,9H2,1-2H3;1H/t17-;/m1./s1. The number of ether oxygens (including phenoxy) is 1. The van der Waals surface area contributed by atoms with Crippen LogP contribution >= 0.6 is 24.0 Å². The maximum absolute atomic E-state index is 12.5. The van der Waals surface area contributed by atoms with E-state index < -0.39 is 11.9 Å². The van der Waals surface area contributed by atoms with Gasteiger partial charge in [-0.15, -0.1) is 24.0 Å². The van der Waals surface area contributed by atoms with Crippen molar-refractivity contribution >= 4 is 40.9 Å². The molecule has 5 nitrogen and oxygen atoms in total. The zero-order valence-electron chi connectivity index (χ0n) is 14.2. The van der Waals surface area contributed by atoms with E-state index in [9.17, 15) is 10.1 Å². The molecule has 1 atom stereocenters. The predicted octanol–water partition coefficient (Wildman–Crippen LogP) is 3.81. The fraction of sp³-hybridized carbons (Fsp3) is 0.211. The summed E-state index contributed by atoms with van der Waals surface area (Å²) in [7, 11) is 1.32. The maximum Gasteiger partial charge on any atom is 0.336 e. The Labute approximate surface area is 162 Å². The molecule has 3 rings (SSSR count). The Bertz CT molecular complexity index is 955. The Morgan fingerprint density at radius 2 is 2.12 bits per heavy atom. The highest BCUT2D eigenvalue weighted by Crippen LogP contribution is 2.40. The number of fused-ring (bicyclic) bond motifs is 1. The van der Waals surface area contributed by atoms with E-state index in [1.807, 2.05) is 30.3 Å². The summed E-state index contributed by atoms with van der Waals surface area (Å²) in [5.74, 6) is -0.949. The van der Waals surface area contributed by atoms with Crippen molar-refractivity contribution in [2.24, 2.45) is 0 Å². The van der Waals surface area contributed by atoms with Crippen LogP contribution in [0.25, 0.3) is 10.9 Å². The van der Waals surface area contributed by atoms with Gasteiger partial charge in [-0.05, 0) is 24.6 Å². The Morgan fingerprint density at radius 1 is 1.38 bits per heavy atom.